The molecule has 1 aromatic heterocycles. The Labute approximate surface area is 187 Å². The van der Waals surface area contributed by atoms with Gasteiger partial charge in [0.05, 0.1) is 12.1 Å². The van der Waals surface area contributed by atoms with Gasteiger partial charge in [-0.2, -0.15) is 0 Å². The molecule has 0 aliphatic rings. The molecule has 0 fully saturated rings. The van der Waals surface area contributed by atoms with Crippen molar-refractivity contribution in [3.05, 3.63) is 76.2 Å². The lowest BCUT2D eigenvalue weighted by molar-refractivity contribution is -0.136. The topological polar surface area (TPSA) is 112 Å². The number of hydrogen-bond donors (Lipinski definition) is 3. The largest absolute Gasteiger partial charge is 0.505 e. The monoisotopic (exact) mass is 457 g/mol. The molecule has 0 radical (unpaired) electrons. The summed E-state index contributed by atoms with van der Waals surface area (Å²) in [5.41, 5.74) is 0.00108. The second kappa shape index (κ2) is 9.51. The van der Waals surface area contributed by atoms with Crippen LogP contribution in [0.3, 0.4) is 0 Å². The summed E-state index contributed by atoms with van der Waals surface area (Å²) in [6, 6.07) is 7.99. The van der Waals surface area contributed by atoms with Crippen molar-refractivity contribution in [2.75, 3.05) is 11.4 Å². The van der Waals surface area contributed by atoms with Gasteiger partial charge in [-0.05, 0) is 48.4 Å². The molecule has 10 heteroatoms. The maximum Gasteiger partial charge on any atom is 0.326 e. The Kier molecular flexibility index (Phi) is 6.76. The fraction of sp³-hybridized carbons (Fsp3) is 0.174. The number of benzene rings is 2. The van der Waals surface area contributed by atoms with E-state index in [0.717, 1.165) is 21.6 Å². The number of hydrogen-bond acceptors (Lipinski definition) is 4. The van der Waals surface area contributed by atoms with Gasteiger partial charge in [-0.1, -0.05) is 6.07 Å². The van der Waals surface area contributed by atoms with E-state index in [1.54, 1.807) is 13.0 Å². The van der Waals surface area contributed by atoms with Gasteiger partial charge in [0.1, 0.15) is 17.4 Å². The van der Waals surface area contributed by atoms with Gasteiger partial charge in [0, 0.05) is 31.4 Å². The van der Waals surface area contributed by atoms with Gasteiger partial charge < -0.3 is 20.1 Å². The van der Waals surface area contributed by atoms with E-state index < -0.39 is 34.9 Å². The van der Waals surface area contributed by atoms with Gasteiger partial charge >= 0.3 is 12.0 Å². The van der Waals surface area contributed by atoms with Gasteiger partial charge in [0.15, 0.2) is 5.69 Å². The predicted octanol–water partition coefficient (Wildman–Crippen LogP) is 3.67. The number of carboxylic acid groups (broad SMARTS) is 1. The van der Waals surface area contributed by atoms with Crippen LogP contribution < -0.4 is 15.8 Å². The van der Waals surface area contributed by atoms with Gasteiger partial charge in [-0.25, -0.2) is 13.6 Å². The molecular weight excluding hydrogens is 436 g/mol. The van der Waals surface area contributed by atoms with Crippen molar-refractivity contribution >= 4 is 23.4 Å². The van der Waals surface area contributed by atoms with Crippen LogP contribution in [0.1, 0.15) is 12.0 Å². The van der Waals surface area contributed by atoms with Crippen molar-refractivity contribution in [2.24, 2.45) is 7.05 Å². The highest BCUT2D eigenvalue weighted by Crippen LogP contribution is 2.34. The number of carboxylic acids is 1. The lowest BCUT2D eigenvalue weighted by atomic mass is 10.0. The number of amides is 2. The SMILES string of the molecule is Cc1cc(-c2ccc(F)cc2F)cc(N(C(=O)NCCC(=O)O)c2c(O)ccn(C)c2=O)c1. The summed E-state index contributed by atoms with van der Waals surface area (Å²) < 4.78 is 29.0. The number of aryl methyl sites for hydroxylation is 2. The number of urea groups is 1. The molecule has 0 saturated carbocycles. The molecule has 0 atom stereocenters. The lowest BCUT2D eigenvalue weighted by Crippen LogP contribution is -2.41. The first-order chi connectivity index (χ1) is 15.6. The molecule has 3 aromatic rings. The molecule has 3 N–H and O–H groups in total. The van der Waals surface area contributed by atoms with Crippen molar-refractivity contribution in [3.63, 3.8) is 0 Å². The van der Waals surface area contributed by atoms with Crippen LogP contribution in [0.25, 0.3) is 11.1 Å². The highest BCUT2D eigenvalue weighted by atomic mass is 19.1. The Balaban J connectivity index is 2.18. The van der Waals surface area contributed by atoms with Crippen LogP contribution in [0.2, 0.25) is 0 Å². The number of aliphatic carboxylic acids is 1. The van der Waals surface area contributed by atoms with Crippen LogP contribution in [0.5, 0.6) is 5.75 Å². The standard InChI is InChI=1S/C23H21F2N3O5/c1-13-9-14(17-4-3-15(24)12-18(17)25)11-16(10-13)28(23(33)26-7-5-20(30)31)21-19(29)6-8-27(2)22(21)32/h3-4,6,8-12,29H,5,7H2,1-2H3,(H,26,33)(H,30,31). The number of nitrogens with one attached hydrogen (secondary N) is 1. The van der Waals surface area contributed by atoms with Gasteiger partial charge in [-0.3, -0.25) is 14.5 Å². The highest BCUT2D eigenvalue weighted by molar-refractivity contribution is 6.01. The number of rotatable bonds is 6. The van der Waals surface area contributed by atoms with E-state index in [2.05, 4.69) is 5.32 Å². The normalized spacial score (nSPS) is 10.7. The maximum absolute atomic E-state index is 14.4. The second-order valence-electron chi connectivity index (χ2n) is 7.36. The van der Waals surface area contributed by atoms with E-state index in [4.69, 9.17) is 5.11 Å². The molecule has 1 heterocycles. The molecule has 172 valence electrons. The number of halogens is 2. The first-order valence-corrected chi connectivity index (χ1v) is 9.84. The average Bonchev–Trinajstić information content (AvgIpc) is 2.73. The summed E-state index contributed by atoms with van der Waals surface area (Å²) in [6.07, 6.45) is 0.954. The zero-order valence-corrected chi connectivity index (χ0v) is 17.8. The van der Waals surface area contributed by atoms with Crippen molar-refractivity contribution < 1.29 is 28.6 Å². The molecule has 3 rings (SSSR count). The minimum absolute atomic E-state index is 0.0674. The molecular formula is C23H21F2N3O5. The number of carbonyl (C=O) groups excluding carboxylic acids is 1. The number of anilines is 2. The van der Waals surface area contributed by atoms with Crippen molar-refractivity contribution in [1.29, 1.82) is 0 Å². The fourth-order valence-corrected chi connectivity index (χ4v) is 3.29. The average molecular weight is 457 g/mol. The molecule has 0 unspecified atom stereocenters. The minimum Gasteiger partial charge on any atom is -0.505 e. The van der Waals surface area contributed by atoms with Crippen LogP contribution >= 0.6 is 0 Å². The van der Waals surface area contributed by atoms with Gasteiger partial charge in [0.2, 0.25) is 0 Å². The fourth-order valence-electron chi connectivity index (χ4n) is 3.29. The van der Waals surface area contributed by atoms with Crippen molar-refractivity contribution in [2.45, 2.75) is 13.3 Å². The molecule has 0 bridgehead atoms. The molecule has 2 amide bonds. The summed E-state index contributed by atoms with van der Waals surface area (Å²) >= 11 is 0. The number of aromatic hydroxyl groups is 1. The molecule has 0 aliphatic carbocycles. The summed E-state index contributed by atoms with van der Waals surface area (Å²) in [7, 11) is 1.43. The summed E-state index contributed by atoms with van der Waals surface area (Å²) in [5.74, 6) is -3.18. The van der Waals surface area contributed by atoms with Crippen LogP contribution in [-0.4, -0.2) is 33.3 Å². The van der Waals surface area contributed by atoms with E-state index in [1.807, 2.05) is 0 Å². The van der Waals surface area contributed by atoms with Gasteiger partial charge in [0.25, 0.3) is 5.56 Å². The highest BCUT2D eigenvalue weighted by Gasteiger charge is 2.26. The second-order valence-corrected chi connectivity index (χ2v) is 7.36. The number of aromatic nitrogens is 1. The number of nitrogens with zero attached hydrogens (tertiary/aromatic N) is 2. The van der Waals surface area contributed by atoms with E-state index >= 15 is 0 Å². The van der Waals surface area contributed by atoms with E-state index in [9.17, 15) is 28.3 Å². The zero-order chi connectivity index (χ0) is 24.3. The molecule has 2 aromatic carbocycles. The van der Waals surface area contributed by atoms with Crippen LogP contribution in [-0.2, 0) is 11.8 Å². The Bertz CT molecular complexity index is 1290. The van der Waals surface area contributed by atoms with E-state index in [0.29, 0.717) is 11.1 Å². The predicted molar refractivity (Wildman–Crippen MR) is 118 cm³/mol. The van der Waals surface area contributed by atoms with Crippen LogP contribution in [0, 0.1) is 18.6 Å². The Hall–Kier alpha value is -4.21. The van der Waals surface area contributed by atoms with Crippen molar-refractivity contribution in [3.8, 4) is 16.9 Å². The van der Waals surface area contributed by atoms with Gasteiger partial charge in [-0.15, -0.1) is 0 Å². The molecule has 8 nitrogen and oxygen atoms in total. The summed E-state index contributed by atoms with van der Waals surface area (Å²) in [4.78, 5) is 37.6. The van der Waals surface area contributed by atoms with E-state index in [1.165, 1.54) is 37.5 Å². The Morgan fingerprint density at radius 2 is 1.85 bits per heavy atom. The van der Waals surface area contributed by atoms with Crippen LogP contribution in [0.4, 0.5) is 25.0 Å². The quantitative estimate of drug-likeness (QED) is 0.523. The third-order valence-corrected chi connectivity index (χ3v) is 4.83. The van der Waals surface area contributed by atoms with Crippen LogP contribution in [0.15, 0.2) is 53.5 Å². The Morgan fingerprint density at radius 1 is 1.12 bits per heavy atom. The molecule has 0 aliphatic heterocycles. The zero-order valence-electron chi connectivity index (χ0n) is 17.8. The molecule has 0 saturated heterocycles. The van der Waals surface area contributed by atoms with Crippen molar-refractivity contribution in [1.82, 2.24) is 9.88 Å². The first-order valence-electron chi connectivity index (χ1n) is 9.84. The summed E-state index contributed by atoms with van der Waals surface area (Å²) in [5, 5.41) is 21.7. The molecule has 33 heavy (non-hydrogen) atoms. The number of pyridine rings is 1. The maximum atomic E-state index is 14.4. The minimum atomic E-state index is -1.13. The third kappa shape index (κ3) is 5.17. The smallest absolute Gasteiger partial charge is 0.326 e. The lowest BCUT2D eigenvalue weighted by Gasteiger charge is -2.25. The summed E-state index contributed by atoms with van der Waals surface area (Å²) in [6.45, 7) is 1.45. The number of carbonyl (C=O) groups is 2. The molecule has 0 spiro atoms. The Morgan fingerprint density at radius 3 is 2.52 bits per heavy atom. The first kappa shape index (κ1) is 23.5. The third-order valence-electron chi connectivity index (χ3n) is 4.83. The van der Waals surface area contributed by atoms with E-state index in [-0.39, 0.29) is 29.9 Å².